The van der Waals surface area contributed by atoms with Gasteiger partial charge in [0.2, 0.25) is 0 Å². The number of aromatic nitrogens is 7. The molecule has 0 radical (unpaired) electrons. The summed E-state index contributed by atoms with van der Waals surface area (Å²) in [4.78, 5) is 23.8. The van der Waals surface area contributed by atoms with Gasteiger partial charge in [-0.3, -0.25) is 19.9 Å². The van der Waals surface area contributed by atoms with Crippen molar-refractivity contribution in [2.24, 2.45) is 0 Å². The van der Waals surface area contributed by atoms with Crippen molar-refractivity contribution in [1.82, 2.24) is 34.1 Å². The first kappa shape index (κ1) is 26.5. The second kappa shape index (κ2) is 10.4. The number of hydrogen-bond donors (Lipinski definition) is 0. The maximum Gasteiger partial charge on any atom is 0.0915 e. The lowest BCUT2D eigenvalue weighted by atomic mass is 10.1. The third-order valence-electron chi connectivity index (χ3n) is 9.09. The van der Waals surface area contributed by atoms with Gasteiger partial charge in [-0.2, -0.15) is 0 Å². The van der Waals surface area contributed by atoms with Crippen molar-refractivity contribution in [3.8, 4) is 34.2 Å². The summed E-state index contributed by atoms with van der Waals surface area (Å²) in [5.41, 5.74) is 11.3. The van der Waals surface area contributed by atoms with Crippen molar-refractivity contribution in [1.29, 1.82) is 0 Å². The van der Waals surface area contributed by atoms with E-state index in [4.69, 9.17) is 4.98 Å². The van der Waals surface area contributed by atoms with Crippen LogP contribution in [0.3, 0.4) is 0 Å². The van der Waals surface area contributed by atoms with E-state index in [1.165, 1.54) is 5.39 Å². The van der Waals surface area contributed by atoms with E-state index < -0.39 is 0 Å². The molecule has 7 heteroatoms. The number of rotatable bonds is 4. The topological polar surface area (TPSA) is 74.3 Å². The molecule has 4 aromatic carbocycles. The van der Waals surface area contributed by atoms with Gasteiger partial charge in [-0.1, -0.05) is 60.7 Å². The average molecular weight is 616 g/mol. The Morgan fingerprint density at radius 2 is 0.938 bits per heavy atom. The number of nitrogens with zero attached hydrogens (tertiary/aromatic N) is 7. The van der Waals surface area contributed by atoms with Crippen molar-refractivity contribution in [3.63, 3.8) is 0 Å². The highest BCUT2D eigenvalue weighted by molar-refractivity contribution is 6.24. The molecule has 0 atom stereocenters. The zero-order chi connectivity index (χ0) is 31.6. The summed E-state index contributed by atoms with van der Waals surface area (Å²) >= 11 is 0. The minimum absolute atomic E-state index is 0.777. The molecule has 6 heterocycles. The first-order valence-corrected chi connectivity index (χ1v) is 15.8. The Kier molecular flexibility index (Phi) is 5.74. The highest BCUT2D eigenvalue weighted by Gasteiger charge is 2.23. The minimum Gasteiger partial charge on any atom is -0.307 e. The third-order valence-corrected chi connectivity index (χ3v) is 9.09. The summed E-state index contributed by atoms with van der Waals surface area (Å²) in [5, 5.41) is 4.60. The van der Waals surface area contributed by atoms with E-state index in [0.29, 0.717) is 0 Å². The average Bonchev–Trinajstić information content (AvgIpc) is 3.67. The van der Waals surface area contributed by atoms with Gasteiger partial charge in [0, 0.05) is 52.0 Å². The molecule has 0 aliphatic carbocycles. The smallest absolute Gasteiger partial charge is 0.0915 e. The molecule has 0 fully saturated rings. The molecule has 0 N–H and O–H groups in total. The number of para-hydroxylation sites is 2. The second-order valence-corrected chi connectivity index (χ2v) is 11.8. The molecule has 0 bridgehead atoms. The Morgan fingerprint density at radius 3 is 1.60 bits per heavy atom. The molecule has 7 nitrogen and oxygen atoms in total. The van der Waals surface area contributed by atoms with Crippen LogP contribution < -0.4 is 0 Å². The number of benzene rings is 4. The normalized spacial score (nSPS) is 11.8. The van der Waals surface area contributed by atoms with Gasteiger partial charge in [0.1, 0.15) is 0 Å². The molecule has 10 rings (SSSR count). The van der Waals surface area contributed by atoms with E-state index in [1.807, 2.05) is 36.4 Å². The van der Waals surface area contributed by atoms with E-state index in [1.54, 1.807) is 24.8 Å². The molecule has 0 amide bonds. The molecule has 0 saturated carbocycles. The van der Waals surface area contributed by atoms with Crippen LogP contribution in [0.15, 0.2) is 152 Å². The van der Waals surface area contributed by atoms with Crippen LogP contribution in [0, 0.1) is 0 Å². The van der Waals surface area contributed by atoms with Crippen LogP contribution in [0.5, 0.6) is 0 Å². The molecule has 0 unspecified atom stereocenters. The van der Waals surface area contributed by atoms with Gasteiger partial charge in [0.15, 0.2) is 0 Å². The fraction of sp³-hybridized carbons (Fsp3) is 0. The maximum absolute atomic E-state index is 5.08. The van der Waals surface area contributed by atoms with E-state index in [-0.39, 0.29) is 0 Å². The molecular formula is C41H25N7. The predicted octanol–water partition coefficient (Wildman–Crippen LogP) is 9.34. The lowest BCUT2D eigenvalue weighted by Crippen LogP contribution is -2.01. The first-order chi connectivity index (χ1) is 23.8. The molecule has 0 aliphatic rings. The second-order valence-electron chi connectivity index (χ2n) is 11.8. The van der Waals surface area contributed by atoms with Gasteiger partial charge in [-0.25, -0.2) is 4.98 Å². The van der Waals surface area contributed by atoms with Crippen LogP contribution in [0.1, 0.15) is 0 Å². The van der Waals surface area contributed by atoms with Crippen LogP contribution >= 0.6 is 0 Å². The maximum atomic E-state index is 5.08. The van der Waals surface area contributed by atoms with E-state index in [9.17, 15) is 0 Å². The lowest BCUT2D eigenvalue weighted by molar-refractivity contribution is 1.13. The van der Waals surface area contributed by atoms with Crippen molar-refractivity contribution in [2.75, 3.05) is 0 Å². The van der Waals surface area contributed by atoms with Crippen LogP contribution in [-0.4, -0.2) is 34.1 Å². The van der Waals surface area contributed by atoms with E-state index >= 15 is 0 Å². The van der Waals surface area contributed by atoms with Gasteiger partial charge in [-0.05, 0) is 66.7 Å². The minimum atomic E-state index is 0.777. The Balaban J connectivity index is 1.41. The van der Waals surface area contributed by atoms with Gasteiger partial charge < -0.3 is 9.13 Å². The molecule has 224 valence electrons. The van der Waals surface area contributed by atoms with Gasteiger partial charge in [-0.15, -0.1) is 0 Å². The quantitative estimate of drug-likeness (QED) is 0.197. The summed E-state index contributed by atoms with van der Waals surface area (Å²) in [6.45, 7) is 0. The summed E-state index contributed by atoms with van der Waals surface area (Å²) in [6.07, 6.45) is 7.12. The Bertz CT molecular complexity index is 2760. The Labute approximate surface area is 274 Å². The van der Waals surface area contributed by atoms with E-state index in [0.717, 1.165) is 83.4 Å². The number of fused-ring (bicyclic) bond motifs is 8. The van der Waals surface area contributed by atoms with Crippen LogP contribution in [0.25, 0.3) is 88.8 Å². The fourth-order valence-corrected chi connectivity index (χ4v) is 7.05. The highest BCUT2D eigenvalue weighted by atomic mass is 15.0. The number of hydrogen-bond acceptors (Lipinski definition) is 5. The molecule has 0 saturated heterocycles. The van der Waals surface area contributed by atoms with Crippen LogP contribution in [0.4, 0.5) is 0 Å². The van der Waals surface area contributed by atoms with Gasteiger partial charge in [0.05, 0.1) is 61.6 Å². The SMILES string of the molecule is c1ccc(-n2c3cc4nccnc4cc3c3ccc4c5ccccc5n(-c5cc(-c6ccccn6)nc(-c6ccccn6)c5)c4c32)cc1. The number of pyridine rings is 3. The summed E-state index contributed by atoms with van der Waals surface area (Å²) in [5.74, 6) is 0. The summed E-state index contributed by atoms with van der Waals surface area (Å²) < 4.78 is 4.75. The third kappa shape index (κ3) is 3.98. The van der Waals surface area contributed by atoms with Crippen molar-refractivity contribution >= 4 is 54.6 Å². The Morgan fingerprint density at radius 1 is 0.354 bits per heavy atom. The summed E-state index contributed by atoms with van der Waals surface area (Å²) in [6, 6.07) is 44.1. The fourth-order valence-electron chi connectivity index (χ4n) is 7.05. The zero-order valence-electron chi connectivity index (χ0n) is 25.6. The first-order valence-electron chi connectivity index (χ1n) is 15.8. The molecule has 48 heavy (non-hydrogen) atoms. The predicted molar refractivity (Wildman–Crippen MR) is 192 cm³/mol. The van der Waals surface area contributed by atoms with Crippen molar-refractivity contribution in [2.45, 2.75) is 0 Å². The molecule has 6 aromatic heterocycles. The van der Waals surface area contributed by atoms with Gasteiger partial charge in [0.25, 0.3) is 0 Å². The summed E-state index contributed by atoms with van der Waals surface area (Å²) in [7, 11) is 0. The van der Waals surface area contributed by atoms with Crippen molar-refractivity contribution < 1.29 is 0 Å². The molecule has 0 aliphatic heterocycles. The molecule has 10 aromatic rings. The van der Waals surface area contributed by atoms with Crippen LogP contribution in [0.2, 0.25) is 0 Å². The molecule has 0 spiro atoms. The molecular weight excluding hydrogens is 591 g/mol. The standard InChI is InChI=1S/C41H25N7/c1-2-10-26(11-3-1)47-39-25-35-34(44-20-21-45-35)24-31(39)30-17-16-29-28-12-4-5-15-38(28)48(40(29)41(30)47)27-22-36(32-13-6-8-18-42-32)46-37(23-27)33-14-7-9-19-43-33/h1-25H. The monoisotopic (exact) mass is 615 g/mol. The van der Waals surface area contributed by atoms with Gasteiger partial charge >= 0.3 is 0 Å². The van der Waals surface area contributed by atoms with E-state index in [2.05, 4.69) is 120 Å². The highest BCUT2D eigenvalue weighted by Crippen LogP contribution is 2.42. The van der Waals surface area contributed by atoms with Crippen LogP contribution in [-0.2, 0) is 0 Å². The lowest BCUT2D eigenvalue weighted by Gasteiger charge is -2.14. The zero-order valence-corrected chi connectivity index (χ0v) is 25.6. The largest absolute Gasteiger partial charge is 0.307 e. The Hall–Kier alpha value is -6.73. The van der Waals surface area contributed by atoms with Crippen molar-refractivity contribution in [3.05, 3.63) is 152 Å².